The number of carbonyl (C=O) groups is 1. The number of halogens is 1. The maximum Gasteiger partial charge on any atom is 0.327 e. The third kappa shape index (κ3) is 1.90. The summed E-state index contributed by atoms with van der Waals surface area (Å²) in [5.74, 6) is -0.920. The first-order chi connectivity index (χ1) is 8.58. The van der Waals surface area contributed by atoms with Gasteiger partial charge >= 0.3 is 5.97 Å². The van der Waals surface area contributed by atoms with Gasteiger partial charge < -0.3 is 5.11 Å². The third-order valence-electron chi connectivity index (χ3n) is 3.03. The molecule has 1 aliphatic rings. The Balaban J connectivity index is 2.11. The van der Waals surface area contributed by atoms with Crippen LogP contribution in [0.4, 0.5) is 0 Å². The second-order valence-electron chi connectivity index (χ2n) is 4.50. The summed E-state index contributed by atoms with van der Waals surface area (Å²) in [6.45, 7) is 1.92. The van der Waals surface area contributed by atoms with Crippen molar-refractivity contribution in [3.8, 4) is 0 Å². The van der Waals surface area contributed by atoms with E-state index in [1.807, 2.05) is 16.7 Å². The molecule has 5 nitrogen and oxygen atoms in total. The number of hydrogen-bond acceptors (Lipinski definition) is 4. The quantitative estimate of drug-likeness (QED) is 0.904. The lowest BCUT2D eigenvalue weighted by Crippen LogP contribution is -2.31. The van der Waals surface area contributed by atoms with Crippen LogP contribution in [0.5, 0.6) is 0 Å². The number of rotatable bonds is 4. The predicted octanol–water partition coefficient (Wildman–Crippen LogP) is 2.24. The molecule has 1 unspecified atom stereocenters. The molecule has 0 bridgehead atoms. The number of imidazole rings is 1. The zero-order chi connectivity index (χ0) is 12.9. The molecular weight excluding hydrogens is 274 g/mol. The number of aromatic nitrogens is 2. The lowest BCUT2D eigenvalue weighted by Gasteiger charge is -2.14. The second-order valence-corrected chi connectivity index (χ2v) is 5.69. The average molecular weight is 286 g/mol. The van der Waals surface area contributed by atoms with Gasteiger partial charge in [-0.1, -0.05) is 11.6 Å². The van der Waals surface area contributed by atoms with Gasteiger partial charge in [-0.2, -0.15) is 0 Å². The first-order valence-corrected chi connectivity index (χ1v) is 6.94. The van der Waals surface area contributed by atoms with Gasteiger partial charge in [0.05, 0.1) is 5.69 Å². The highest BCUT2D eigenvalue weighted by Gasteiger charge is 2.33. The highest BCUT2D eigenvalue weighted by atomic mass is 35.5. The monoisotopic (exact) mass is 285 g/mol. The summed E-state index contributed by atoms with van der Waals surface area (Å²) in [6.07, 6.45) is 2.04. The Labute approximate surface area is 112 Å². The molecule has 1 saturated carbocycles. The number of hydrogen-bond donors (Lipinski definition) is 2. The largest absolute Gasteiger partial charge is 0.480 e. The predicted molar refractivity (Wildman–Crippen MR) is 69.4 cm³/mol. The smallest absolute Gasteiger partial charge is 0.327 e. The molecule has 0 aliphatic heterocycles. The number of carboxylic acid groups (broad SMARTS) is 1. The van der Waals surface area contributed by atoms with Gasteiger partial charge in [-0.25, -0.2) is 4.98 Å². The molecule has 96 valence electrons. The van der Waals surface area contributed by atoms with Crippen molar-refractivity contribution in [1.82, 2.24) is 14.7 Å². The third-order valence-corrected chi connectivity index (χ3v) is 4.25. The fourth-order valence-corrected chi connectivity index (χ4v) is 3.20. The van der Waals surface area contributed by atoms with Gasteiger partial charge in [0.15, 0.2) is 16.2 Å². The number of aliphatic carboxylic acids is 1. The number of carboxylic acids is 1. The van der Waals surface area contributed by atoms with E-state index in [1.54, 1.807) is 0 Å². The SMILES string of the molecule is Cc1csc2nc(Cl)c(C(NC3CC3)C(=O)O)n12. The van der Waals surface area contributed by atoms with Gasteiger partial charge in [-0.3, -0.25) is 14.5 Å². The molecule has 0 saturated heterocycles. The standard InChI is InChI=1S/C11H12ClN3O2S/c1-5-4-18-11-14-9(12)8(15(5)11)7(10(16)17)13-6-2-3-6/h4,6-7,13H,2-3H2,1H3,(H,16,17). The highest BCUT2D eigenvalue weighted by molar-refractivity contribution is 7.15. The summed E-state index contributed by atoms with van der Waals surface area (Å²) in [5.41, 5.74) is 1.48. The minimum absolute atomic E-state index is 0.269. The molecule has 0 spiro atoms. The molecule has 2 aromatic rings. The lowest BCUT2D eigenvalue weighted by atomic mass is 10.2. The number of nitrogens with one attached hydrogen (secondary N) is 1. The first kappa shape index (κ1) is 12.0. The van der Waals surface area contributed by atoms with Crippen LogP contribution in [0.2, 0.25) is 5.15 Å². The molecule has 2 N–H and O–H groups in total. The van der Waals surface area contributed by atoms with Crippen LogP contribution in [-0.4, -0.2) is 26.5 Å². The van der Waals surface area contributed by atoms with E-state index >= 15 is 0 Å². The summed E-state index contributed by atoms with van der Waals surface area (Å²) < 4.78 is 1.82. The van der Waals surface area contributed by atoms with E-state index < -0.39 is 12.0 Å². The molecular formula is C11H12ClN3O2S. The van der Waals surface area contributed by atoms with E-state index in [0.717, 1.165) is 23.5 Å². The van der Waals surface area contributed by atoms with E-state index in [1.165, 1.54) is 11.3 Å². The molecule has 0 aromatic carbocycles. The van der Waals surface area contributed by atoms with Gasteiger partial charge in [0.25, 0.3) is 0 Å². The summed E-state index contributed by atoms with van der Waals surface area (Å²) in [5, 5.41) is 14.7. The molecule has 18 heavy (non-hydrogen) atoms. The van der Waals surface area contributed by atoms with Crippen LogP contribution in [0.3, 0.4) is 0 Å². The zero-order valence-electron chi connectivity index (χ0n) is 9.68. The molecule has 0 radical (unpaired) electrons. The Hall–Kier alpha value is -1.11. The van der Waals surface area contributed by atoms with Crippen molar-refractivity contribution in [1.29, 1.82) is 0 Å². The van der Waals surface area contributed by atoms with Crippen molar-refractivity contribution >= 4 is 33.9 Å². The molecule has 7 heteroatoms. The Kier molecular flexibility index (Phi) is 2.80. The van der Waals surface area contributed by atoms with Crippen LogP contribution >= 0.6 is 22.9 Å². The van der Waals surface area contributed by atoms with E-state index in [0.29, 0.717) is 5.69 Å². The fourth-order valence-electron chi connectivity index (χ4n) is 2.00. The minimum atomic E-state index is -0.920. The molecule has 2 heterocycles. The van der Waals surface area contributed by atoms with Gasteiger partial charge in [0.1, 0.15) is 0 Å². The molecule has 2 aromatic heterocycles. The highest BCUT2D eigenvalue weighted by Crippen LogP contribution is 2.31. The van der Waals surface area contributed by atoms with Crippen LogP contribution in [-0.2, 0) is 4.79 Å². The molecule has 1 aliphatic carbocycles. The Morgan fingerprint density at radius 2 is 2.44 bits per heavy atom. The van der Waals surface area contributed by atoms with Crippen LogP contribution in [0.15, 0.2) is 5.38 Å². The summed E-state index contributed by atoms with van der Waals surface area (Å²) in [4.78, 5) is 16.4. The van der Waals surface area contributed by atoms with Gasteiger partial charge in [0.2, 0.25) is 0 Å². The van der Waals surface area contributed by atoms with E-state index in [9.17, 15) is 9.90 Å². The average Bonchev–Trinajstić information content (AvgIpc) is 2.98. The molecule has 1 fully saturated rings. The van der Waals surface area contributed by atoms with Crippen molar-refractivity contribution in [3.63, 3.8) is 0 Å². The van der Waals surface area contributed by atoms with Crippen LogP contribution in [0, 0.1) is 6.92 Å². The van der Waals surface area contributed by atoms with Gasteiger partial charge in [-0.05, 0) is 19.8 Å². The molecule has 1 atom stereocenters. The maximum absolute atomic E-state index is 11.4. The Bertz CT molecular complexity index is 617. The topological polar surface area (TPSA) is 66.6 Å². The van der Waals surface area contributed by atoms with Crippen LogP contribution in [0.1, 0.15) is 30.3 Å². The molecule has 0 amide bonds. The summed E-state index contributed by atoms with van der Waals surface area (Å²) >= 11 is 7.55. The Morgan fingerprint density at radius 1 is 1.72 bits per heavy atom. The first-order valence-electron chi connectivity index (χ1n) is 5.68. The van der Waals surface area contributed by atoms with E-state index in [4.69, 9.17) is 11.6 Å². The van der Waals surface area contributed by atoms with Crippen molar-refractivity contribution in [2.45, 2.75) is 31.8 Å². The Morgan fingerprint density at radius 3 is 3.06 bits per heavy atom. The van der Waals surface area contributed by atoms with E-state index in [-0.39, 0.29) is 11.2 Å². The van der Waals surface area contributed by atoms with Gasteiger partial charge in [0, 0.05) is 17.1 Å². The number of aryl methyl sites for hydroxylation is 1. The maximum atomic E-state index is 11.4. The summed E-state index contributed by atoms with van der Waals surface area (Å²) in [6, 6.07) is -0.514. The lowest BCUT2D eigenvalue weighted by molar-refractivity contribution is -0.139. The van der Waals surface area contributed by atoms with E-state index in [2.05, 4.69) is 10.3 Å². The van der Waals surface area contributed by atoms with Crippen molar-refractivity contribution in [3.05, 3.63) is 21.9 Å². The number of fused-ring (bicyclic) bond motifs is 1. The number of thiazole rings is 1. The minimum Gasteiger partial charge on any atom is -0.480 e. The van der Waals surface area contributed by atoms with Crippen LogP contribution in [0.25, 0.3) is 4.96 Å². The number of nitrogens with zero attached hydrogens (tertiary/aromatic N) is 2. The molecule has 3 rings (SSSR count). The van der Waals surface area contributed by atoms with Crippen molar-refractivity contribution in [2.75, 3.05) is 0 Å². The summed E-state index contributed by atoms with van der Waals surface area (Å²) in [7, 11) is 0. The van der Waals surface area contributed by atoms with Crippen molar-refractivity contribution in [2.24, 2.45) is 0 Å². The van der Waals surface area contributed by atoms with Crippen molar-refractivity contribution < 1.29 is 9.90 Å². The zero-order valence-corrected chi connectivity index (χ0v) is 11.3. The normalized spacial score (nSPS) is 17.2. The second kappa shape index (κ2) is 4.22. The van der Waals surface area contributed by atoms with Gasteiger partial charge in [-0.15, -0.1) is 11.3 Å². The fraction of sp³-hybridized carbons (Fsp3) is 0.455. The van der Waals surface area contributed by atoms with Crippen LogP contribution < -0.4 is 5.32 Å².